The number of hydrogen-bond donors (Lipinski definition) is 2. The van der Waals surface area contributed by atoms with Gasteiger partial charge >= 0.3 is 0 Å². The van der Waals surface area contributed by atoms with Crippen LogP contribution in [0.1, 0.15) is 90.4 Å². The molecule has 0 spiro atoms. The molecular formula is C16H38Cl2N2. The Kier molecular flexibility index (Phi) is 27.7. The third-order valence-electron chi connectivity index (χ3n) is 3.72. The van der Waals surface area contributed by atoms with Crippen LogP contribution in [0.3, 0.4) is 0 Å². The quantitative estimate of drug-likeness (QED) is 0.430. The van der Waals surface area contributed by atoms with Gasteiger partial charge < -0.3 is 11.5 Å². The second-order valence-corrected chi connectivity index (χ2v) is 5.66. The highest BCUT2D eigenvalue weighted by molar-refractivity contribution is 5.85. The Morgan fingerprint density at radius 1 is 0.650 bits per heavy atom. The van der Waals surface area contributed by atoms with Crippen molar-refractivity contribution in [2.24, 2.45) is 11.5 Å². The SMILES string of the molecule is CCCCCCCCCCCCCC(N)CCN.Cl.Cl. The van der Waals surface area contributed by atoms with Crippen molar-refractivity contribution in [1.29, 1.82) is 0 Å². The molecule has 0 aromatic carbocycles. The van der Waals surface area contributed by atoms with Gasteiger partial charge in [-0.2, -0.15) is 0 Å². The minimum absolute atomic E-state index is 0. The Labute approximate surface area is 139 Å². The van der Waals surface area contributed by atoms with E-state index < -0.39 is 0 Å². The van der Waals surface area contributed by atoms with E-state index in [9.17, 15) is 0 Å². The van der Waals surface area contributed by atoms with Crippen LogP contribution in [0.15, 0.2) is 0 Å². The molecule has 0 fully saturated rings. The summed E-state index contributed by atoms with van der Waals surface area (Å²) < 4.78 is 0. The van der Waals surface area contributed by atoms with E-state index in [4.69, 9.17) is 11.5 Å². The fourth-order valence-corrected chi connectivity index (χ4v) is 2.43. The lowest BCUT2D eigenvalue weighted by molar-refractivity contribution is 0.507. The standard InChI is InChI=1S/C16H36N2.2ClH/c1-2-3-4-5-6-7-8-9-10-11-12-13-16(18)14-15-17;;/h16H,2-15,17-18H2,1H3;2*1H. The first-order valence-electron chi connectivity index (χ1n) is 8.27. The van der Waals surface area contributed by atoms with Crippen molar-refractivity contribution in [2.45, 2.75) is 96.4 Å². The number of rotatable bonds is 14. The molecule has 0 aromatic rings. The van der Waals surface area contributed by atoms with Gasteiger partial charge in [0.1, 0.15) is 0 Å². The molecule has 0 bridgehead atoms. The van der Waals surface area contributed by atoms with Gasteiger partial charge in [-0.3, -0.25) is 0 Å². The van der Waals surface area contributed by atoms with Crippen molar-refractivity contribution in [1.82, 2.24) is 0 Å². The lowest BCUT2D eigenvalue weighted by Crippen LogP contribution is -2.23. The van der Waals surface area contributed by atoms with Crippen LogP contribution in [0.25, 0.3) is 0 Å². The summed E-state index contributed by atoms with van der Waals surface area (Å²) in [7, 11) is 0. The molecule has 1 atom stereocenters. The second kappa shape index (κ2) is 21.8. The molecule has 20 heavy (non-hydrogen) atoms. The zero-order chi connectivity index (χ0) is 13.5. The molecule has 0 saturated heterocycles. The summed E-state index contributed by atoms with van der Waals surface area (Å²) in [5.74, 6) is 0. The van der Waals surface area contributed by atoms with E-state index in [1.807, 2.05) is 0 Å². The van der Waals surface area contributed by atoms with E-state index in [2.05, 4.69) is 6.92 Å². The number of halogens is 2. The monoisotopic (exact) mass is 328 g/mol. The summed E-state index contributed by atoms with van der Waals surface area (Å²) in [5.41, 5.74) is 11.4. The van der Waals surface area contributed by atoms with Gasteiger partial charge in [0.2, 0.25) is 0 Å². The van der Waals surface area contributed by atoms with E-state index >= 15 is 0 Å². The first-order chi connectivity index (χ1) is 8.81. The molecule has 0 aliphatic carbocycles. The molecule has 4 N–H and O–H groups in total. The summed E-state index contributed by atoms with van der Waals surface area (Å²) >= 11 is 0. The van der Waals surface area contributed by atoms with Crippen LogP contribution >= 0.6 is 24.8 Å². The molecule has 0 saturated carbocycles. The lowest BCUT2D eigenvalue weighted by atomic mass is 10.0. The fourth-order valence-electron chi connectivity index (χ4n) is 2.43. The Bertz CT molecular complexity index is 157. The Morgan fingerprint density at radius 2 is 1.05 bits per heavy atom. The smallest absolute Gasteiger partial charge is 0.00508 e. The average Bonchev–Trinajstić information content (AvgIpc) is 2.36. The topological polar surface area (TPSA) is 52.0 Å². The van der Waals surface area contributed by atoms with Crippen molar-refractivity contribution < 1.29 is 0 Å². The minimum atomic E-state index is 0. The Morgan fingerprint density at radius 3 is 1.45 bits per heavy atom. The third kappa shape index (κ3) is 20.8. The van der Waals surface area contributed by atoms with E-state index in [0.29, 0.717) is 6.04 Å². The number of unbranched alkanes of at least 4 members (excludes halogenated alkanes) is 10. The summed E-state index contributed by atoms with van der Waals surface area (Å²) in [6, 6.07) is 0.341. The highest BCUT2D eigenvalue weighted by atomic mass is 35.5. The fraction of sp³-hybridized carbons (Fsp3) is 1.00. The highest BCUT2D eigenvalue weighted by Crippen LogP contribution is 2.12. The summed E-state index contributed by atoms with van der Waals surface area (Å²) in [6.45, 7) is 3.01. The van der Waals surface area contributed by atoms with E-state index in [0.717, 1.165) is 19.4 Å². The van der Waals surface area contributed by atoms with E-state index in [1.165, 1.54) is 70.6 Å². The van der Waals surface area contributed by atoms with Gasteiger partial charge in [0.15, 0.2) is 0 Å². The molecule has 0 radical (unpaired) electrons. The zero-order valence-corrected chi connectivity index (χ0v) is 15.1. The van der Waals surface area contributed by atoms with Gasteiger partial charge in [-0.05, 0) is 19.4 Å². The van der Waals surface area contributed by atoms with Gasteiger partial charge in [0, 0.05) is 6.04 Å². The number of hydrogen-bond acceptors (Lipinski definition) is 2. The Balaban J connectivity index is -0.00000144. The lowest BCUT2D eigenvalue weighted by Gasteiger charge is -2.09. The van der Waals surface area contributed by atoms with E-state index in [1.54, 1.807) is 0 Å². The first kappa shape index (κ1) is 25.5. The number of nitrogens with two attached hydrogens (primary N) is 2. The van der Waals surface area contributed by atoms with Crippen molar-refractivity contribution >= 4 is 24.8 Å². The zero-order valence-electron chi connectivity index (χ0n) is 13.4. The molecule has 4 heteroatoms. The molecule has 0 amide bonds. The van der Waals surface area contributed by atoms with Crippen molar-refractivity contribution in [3.05, 3.63) is 0 Å². The molecule has 2 nitrogen and oxygen atoms in total. The van der Waals surface area contributed by atoms with Gasteiger partial charge in [0.25, 0.3) is 0 Å². The maximum atomic E-state index is 5.92. The molecule has 0 aliphatic heterocycles. The van der Waals surface area contributed by atoms with Gasteiger partial charge in [0.05, 0.1) is 0 Å². The highest BCUT2D eigenvalue weighted by Gasteiger charge is 2.00. The van der Waals surface area contributed by atoms with Gasteiger partial charge in [-0.25, -0.2) is 0 Å². The summed E-state index contributed by atoms with van der Waals surface area (Å²) in [4.78, 5) is 0. The molecular weight excluding hydrogens is 291 g/mol. The van der Waals surface area contributed by atoms with Crippen LogP contribution < -0.4 is 11.5 Å². The minimum Gasteiger partial charge on any atom is -0.330 e. The van der Waals surface area contributed by atoms with Crippen LogP contribution in [0.4, 0.5) is 0 Å². The first-order valence-corrected chi connectivity index (χ1v) is 8.27. The van der Waals surface area contributed by atoms with Crippen LogP contribution in [0.2, 0.25) is 0 Å². The average molecular weight is 329 g/mol. The largest absolute Gasteiger partial charge is 0.330 e. The van der Waals surface area contributed by atoms with Crippen molar-refractivity contribution in [2.75, 3.05) is 6.54 Å². The van der Waals surface area contributed by atoms with Crippen molar-refractivity contribution in [3.8, 4) is 0 Å². The van der Waals surface area contributed by atoms with E-state index in [-0.39, 0.29) is 24.8 Å². The molecule has 126 valence electrons. The predicted octanol–water partition coefficient (Wildman–Crippen LogP) is 5.21. The molecule has 0 aliphatic rings. The summed E-state index contributed by atoms with van der Waals surface area (Å²) in [5, 5.41) is 0. The third-order valence-corrected chi connectivity index (χ3v) is 3.72. The molecule has 0 rings (SSSR count). The van der Waals surface area contributed by atoms with Crippen LogP contribution in [-0.2, 0) is 0 Å². The predicted molar refractivity (Wildman–Crippen MR) is 97.2 cm³/mol. The van der Waals surface area contributed by atoms with Crippen LogP contribution in [0, 0.1) is 0 Å². The normalized spacial score (nSPS) is 11.6. The molecule has 1 unspecified atom stereocenters. The van der Waals surface area contributed by atoms with Crippen LogP contribution in [0.5, 0.6) is 0 Å². The van der Waals surface area contributed by atoms with Gasteiger partial charge in [-0.1, -0.05) is 77.6 Å². The van der Waals surface area contributed by atoms with Gasteiger partial charge in [-0.15, -0.1) is 24.8 Å². The Hall–Kier alpha value is 0.500. The van der Waals surface area contributed by atoms with Crippen LogP contribution in [-0.4, -0.2) is 12.6 Å². The maximum Gasteiger partial charge on any atom is 0.00508 e. The molecule has 0 aromatic heterocycles. The second-order valence-electron chi connectivity index (χ2n) is 5.66. The van der Waals surface area contributed by atoms with Crippen molar-refractivity contribution in [3.63, 3.8) is 0 Å². The summed E-state index contributed by atoms with van der Waals surface area (Å²) in [6.07, 6.45) is 17.6. The maximum absolute atomic E-state index is 5.92. The molecule has 0 heterocycles.